The van der Waals surface area contributed by atoms with Crippen molar-refractivity contribution >= 4 is 5.82 Å². The van der Waals surface area contributed by atoms with Gasteiger partial charge in [-0.05, 0) is 61.7 Å². The van der Waals surface area contributed by atoms with E-state index in [1.165, 1.54) is 24.3 Å². The Morgan fingerprint density at radius 3 is 1.82 bits per heavy atom. The predicted octanol–water partition coefficient (Wildman–Crippen LogP) is 5.82. The molecular weight excluding hydrogens is 449 g/mol. The van der Waals surface area contributed by atoms with Crippen LogP contribution in [-0.2, 0) is 0 Å². The minimum atomic E-state index is -1.20. The van der Waals surface area contributed by atoms with Crippen LogP contribution in [-0.4, -0.2) is 42.6 Å². The number of pyridine rings is 1. The van der Waals surface area contributed by atoms with E-state index < -0.39 is 23.1 Å². The van der Waals surface area contributed by atoms with Gasteiger partial charge in [-0.25, -0.2) is 13.2 Å². The van der Waals surface area contributed by atoms with Crippen molar-refractivity contribution in [3.8, 4) is 0 Å². The molecule has 0 radical (unpaired) electrons. The number of aromatic nitrogens is 1. The van der Waals surface area contributed by atoms with Gasteiger partial charge in [0.15, 0.2) is 11.6 Å². The maximum absolute atomic E-state index is 14.3. The van der Waals surface area contributed by atoms with Crippen LogP contribution in [0.1, 0.15) is 35.4 Å². The van der Waals surface area contributed by atoms with E-state index >= 15 is 0 Å². The number of rotatable bonds is 7. The lowest BCUT2D eigenvalue weighted by Crippen LogP contribution is -2.47. The summed E-state index contributed by atoms with van der Waals surface area (Å²) in [4.78, 5) is 7.40. The smallest absolute Gasteiger partial charge is 0.220 e. The molecule has 0 N–H and O–H groups in total. The number of halogens is 5. The Hall–Kier alpha value is -3.00. The molecule has 34 heavy (non-hydrogen) atoms. The Morgan fingerprint density at radius 2 is 1.29 bits per heavy atom. The highest BCUT2D eigenvalue weighted by atomic mass is 19.2. The molecule has 0 saturated carbocycles. The Bertz CT molecular complexity index is 1070. The first kappa shape index (κ1) is 24.1. The monoisotopic (exact) mass is 475 g/mol. The van der Waals surface area contributed by atoms with Crippen LogP contribution >= 0.6 is 0 Å². The summed E-state index contributed by atoms with van der Waals surface area (Å²) in [5.41, 5.74) is 1.50. The Morgan fingerprint density at radius 1 is 0.765 bits per heavy atom. The van der Waals surface area contributed by atoms with Crippen molar-refractivity contribution in [1.29, 1.82) is 0 Å². The quantitative estimate of drug-likeness (QED) is 0.317. The highest BCUT2D eigenvalue weighted by Crippen LogP contribution is 2.30. The van der Waals surface area contributed by atoms with Crippen LogP contribution in [0.3, 0.4) is 0 Å². The molecule has 0 amide bonds. The highest BCUT2D eigenvalue weighted by Gasteiger charge is 2.25. The number of hydrogen-bond donors (Lipinski definition) is 0. The number of benzene rings is 2. The molecule has 4 rings (SSSR count). The Kier molecular flexibility index (Phi) is 7.46. The van der Waals surface area contributed by atoms with E-state index in [2.05, 4.69) is 9.88 Å². The molecular formula is C26H26F5N3. The fourth-order valence-electron chi connectivity index (χ4n) is 4.41. The van der Waals surface area contributed by atoms with Crippen molar-refractivity contribution in [2.24, 2.45) is 0 Å². The van der Waals surface area contributed by atoms with Gasteiger partial charge in [0, 0.05) is 37.7 Å². The van der Waals surface area contributed by atoms with Gasteiger partial charge in [-0.15, -0.1) is 0 Å². The molecule has 1 aromatic heterocycles. The molecule has 1 saturated heterocycles. The number of hydrogen-bond acceptors (Lipinski definition) is 3. The molecule has 2 heterocycles. The van der Waals surface area contributed by atoms with E-state index in [4.69, 9.17) is 0 Å². The lowest BCUT2D eigenvalue weighted by molar-refractivity contribution is 0.250. The summed E-state index contributed by atoms with van der Waals surface area (Å²) in [7, 11) is 0. The van der Waals surface area contributed by atoms with Crippen LogP contribution in [0.4, 0.5) is 27.8 Å². The Labute approximate surface area is 195 Å². The summed E-state index contributed by atoms with van der Waals surface area (Å²) >= 11 is 0. The summed E-state index contributed by atoms with van der Waals surface area (Å²) < 4.78 is 68.8. The molecule has 2 aromatic carbocycles. The van der Waals surface area contributed by atoms with Gasteiger partial charge in [0.1, 0.15) is 11.6 Å². The summed E-state index contributed by atoms with van der Waals surface area (Å²) in [6.07, 6.45) is 1.61. The number of anilines is 1. The average Bonchev–Trinajstić information content (AvgIpc) is 2.85. The number of piperazine rings is 1. The fourth-order valence-corrected chi connectivity index (χ4v) is 4.41. The molecule has 180 valence electrons. The van der Waals surface area contributed by atoms with Crippen molar-refractivity contribution in [1.82, 2.24) is 9.88 Å². The second kappa shape index (κ2) is 10.5. The van der Waals surface area contributed by atoms with Crippen LogP contribution in [0.5, 0.6) is 0 Å². The maximum atomic E-state index is 14.3. The third-order valence-corrected chi connectivity index (χ3v) is 6.42. The van der Waals surface area contributed by atoms with Crippen LogP contribution in [0, 0.1) is 36.1 Å². The van der Waals surface area contributed by atoms with Gasteiger partial charge in [0.25, 0.3) is 0 Å². The molecule has 1 fully saturated rings. The highest BCUT2D eigenvalue weighted by molar-refractivity contribution is 5.43. The van der Waals surface area contributed by atoms with Crippen LogP contribution < -0.4 is 4.90 Å². The van der Waals surface area contributed by atoms with Gasteiger partial charge >= 0.3 is 0 Å². The lowest BCUT2D eigenvalue weighted by Gasteiger charge is -2.35. The van der Waals surface area contributed by atoms with Crippen molar-refractivity contribution in [3.63, 3.8) is 0 Å². The molecule has 0 aliphatic carbocycles. The average molecular weight is 476 g/mol. The van der Waals surface area contributed by atoms with E-state index in [1.54, 1.807) is 29.2 Å². The summed E-state index contributed by atoms with van der Waals surface area (Å²) in [6, 6.07) is 12.7. The topological polar surface area (TPSA) is 19.4 Å². The van der Waals surface area contributed by atoms with Crippen LogP contribution in [0.15, 0.2) is 48.5 Å². The first-order valence-corrected chi connectivity index (χ1v) is 11.3. The normalized spacial score (nSPS) is 14.7. The molecule has 0 spiro atoms. The van der Waals surface area contributed by atoms with E-state index in [0.717, 1.165) is 37.4 Å². The van der Waals surface area contributed by atoms with E-state index in [0.29, 0.717) is 26.2 Å². The summed E-state index contributed by atoms with van der Waals surface area (Å²) in [5.74, 6) is -4.21. The van der Waals surface area contributed by atoms with E-state index in [9.17, 15) is 22.0 Å². The summed E-state index contributed by atoms with van der Waals surface area (Å²) in [5, 5.41) is 0. The largest absolute Gasteiger partial charge is 0.351 e. The van der Waals surface area contributed by atoms with Crippen molar-refractivity contribution in [2.75, 3.05) is 37.6 Å². The molecule has 1 aliphatic rings. The van der Waals surface area contributed by atoms with E-state index in [-0.39, 0.29) is 23.4 Å². The zero-order valence-corrected chi connectivity index (χ0v) is 18.9. The van der Waals surface area contributed by atoms with Gasteiger partial charge in [-0.1, -0.05) is 24.3 Å². The first-order chi connectivity index (χ1) is 16.3. The van der Waals surface area contributed by atoms with Crippen molar-refractivity contribution < 1.29 is 22.0 Å². The first-order valence-electron chi connectivity index (χ1n) is 11.3. The molecule has 8 heteroatoms. The van der Waals surface area contributed by atoms with E-state index in [1.807, 2.05) is 0 Å². The minimum absolute atomic E-state index is 0.000654. The molecule has 0 atom stereocenters. The SMILES string of the molecule is Cc1c(F)nc(N2CCN(CCCC(c3ccc(F)cc3)c3ccc(F)cc3)CC2)c(F)c1F. The standard InChI is InChI=1S/C26H26F5N3/c1-17-23(29)24(30)26(32-25(17)31)34-15-13-33(14-16-34)12-2-3-22(18-4-8-20(27)9-5-18)19-6-10-21(28)11-7-19/h4-11,22H,2-3,12-16H2,1H3. The second-order valence-electron chi connectivity index (χ2n) is 8.61. The third kappa shape index (κ3) is 5.38. The summed E-state index contributed by atoms with van der Waals surface area (Å²) in [6.45, 7) is 3.97. The fraction of sp³-hybridized carbons (Fsp3) is 0.346. The third-order valence-electron chi connectivity index (χ3n) is 6.42. The molecule has 0 bridgehead atoms. The predicted molar refractivity (Wildman–Crippen MR) is 121 cm³/mol. The van der Waals surface area contributed by atoms with Crippen LogP contribution in [0.25, 0.3) is 0 Å². The molecule has 3 nitrogen and oxygen atoms in total. The second-order valence-corrected chi connectivity index (χ2v) is 8.61. The lowest BCUT2D eigenvalue weighted by atomic mass is 9.87. The van der Waals surface area contributed by atoms with Crippen molar-refractivity contribution in [3.05, 3.63) is 94.4 Å². The minimum Gasteiger partial charge on any atom is -0.351 e. The molecule has 1 aliphatic heterocycles. The van der Waals surface area contributed by atoms with Crippen LogP contribution in [0.2, 0.25) is 0 Å². The van der Waals surface area contributed by atoms with Gasteiger partial charge in [-0.3, -0.25) is 4.90 Å². The maximum Gasteiger partial charge on any atom is 0.220 e. The van der Waals surface area contributed by atoms with Gasteiger partial charge < -0.3 is 4.90 Å². The van der Waals surface area contributed by atoms with Gasteiger partial charge in [0.05, 0.1) is 0 Å². The number of nitrogens with zero attached hydrogens (tertiary/aromatic N) is 3. The van der Waals surface area contributed by atoms with Crippen molar-refractivity contribution in [2.45, 2.75) is 25.7 Å². The van der Waals surface area contributed by atoms with Gasteiger partial charge in [-0.2, -0.15) is 13.8 Å². The zero-order chi connectivity index (χ0) is 24.2. The Balaban J connectivity index is 1.36. The molecule has 0 unspecified atom stereocenters. The van der Waals surface area contributed by atoms with Gasteiger partial charge in [0.2, 0.25) is 11.8 Å². The zero-order valence-electron chi connectivity index (χ0n) is 18.9. The molecule has 3 aromatic rings.